The highest BCUT2D eigenvalue weighted by atomic mass is 16.5. The van der Waals surface area contributed by atoms with Crippen molar-refractivity contribution in [2.24, 2.45) is 0 Å². The van der Waals surface area contributed by atoms with E-state index in [1.165, 1.54) is 0 Å². The zero-order valence-corrected chi connectivity index (χ0v) is 9.27. The topological polar surface area (TPSA) is 51.9 Å². The number of hydrogen-bond acceptors (Lipinski definition) is 4. The van der Waals surface area contributed by atoms with Gasteiger partial charge < -0.3 is 18.8 Å². The van der Waals surface area contributed by atoms with Crippen molar-refractivity contribution < 1.29 is 18.7 Å². The summed E-state index contributed by atoms with van der Waals surface area (Å²) in [6.45, 7) is 2.82. The van der Waals surface area contributed by atoms with Crippen molar-refractivity contribution in [1.29, 1.82) is 0 Å². The van der Waals surface area contributed by atoms with E-state index in [0.717, 1.165) is 0 Å². The monoisotopic (exact) mass is 225 g/mol. The summed E-state index contributed by atoms with van der Waals surface area (Å²) < 4.78 is 15.5. The maximum atomic E-state index is 12.0. The molecule has 0 spiro atoms. The molecule has 2 heterocycles. The first kappa shape index (κ1) is 11.2. The van der Waals surface area contributed by atoms with Crippen LogP contribution in [0.15, 0.2) is 16.5 Å². The molecule has 1 saturated heterocycles. The second kappa shape index (κ2) is 5.14. The summed E-state index contributed by atoms with van der Waals surface area (Å²) >= 11 is 0. The lowest BCUT2D eigenvalue weighted by atomic mass is 10.3. The van der Waals surface area contributed by atoms with Gasteiger partial charge in [-0.25, -0.2) is 0 Å². The molecular formula is C11H15NO4. The van der Waals surface area contributed by atoms with Gasteiger partial charge in [0, 0.05) is 20.2 Å². The highest BCUT2D eigenvalue weighted by Crippen LogP contribution is 2.12. The number of amides is 1. The summed E-state index contributed by atoms with van der Waals surface area (Å²) in [5, 5.41) is 0. The molecule has 1 fully saturated rings. The van der Waals surface area contributed by atoms with Gasteiger partial charge in [0.05, 0.1) is 13.2 Å². The molecule has 2 rings (SSSR count). The van der Waals surface area contributed by atoms with Gasteiger partial charge in [-0.15, -0.1) is 0 Å². The van der Waals surface area contributed by atoms with Gasteiger partial charge >= 0.3 is 0 Å². The summed E-state index contributed by atoms with van der Waals surface area (Å²) in [5.74, 6) is 0.957. The van der Waals surface area contributed by atoms with E-state index in [1.54, 1.807) is 24.1 Å². The van der Waals surface area contributed by atoms with Crippen LogP contribution in [0.5, 0.6) is 0 Å². The van der Waals surface area contributed by atoms with E-state index < -0.39 is 0 Å². The molecule has 0 N–H and O–H groups in total. The highest BCUT2D eigenvalue weighted by Gasteiger charge is 2.21. The first-order chi connectivity index (χ1) is 7.81. The molecule has 0 aromatic carbocycles. The van der Waals surface area contributed by atoms with Crippen LogP contribution in [-0.4, -0.2) is 44.2 Å². The Labute approximate surface area is 93.9 Å². The number of methoxy groups -OCH3 is 1. The Morgan fingerprint density at radius 1 is 1.44 bits per heavy atom. The minimum Gasteiger partial charge on any atom is -0.453 e. The molecule has 0 aliphatic carbocycles. The summed E-state index contributed by atoms with van der Waals surface area (Å²) in [7, 11) is 1.59. The third-order valence-corrected chi connectivity index (χ3v) is 2.46. The van der Waals surface area contributed by atoms with E-state index in [4.69, 9.17) is 13.9 Å². The van der Waals surface area contributed by atoms with Gasteiger partial charge in [0.1, 0.15) is 12.4 Å². The lowest BCUT2D eigenvalue weighted by Gasteiger charge is -2.25. The van der Waals surface area contributed by atoms with Gasteiger partial charge in [-0.3, -0.25) is 4.79 Å². The van der Waals surface area contributed by atoms with Crippen LogP contribution < -0.4 is 0 Å². The zero-order valence-electron chi connectivity index (χ0n) is 9.27. The molecule has 0 bridgehead atoms. The number of carbonyl (C=O) groups is 1. The van der Waals surface area contributed by atoms with Crippen molar-refractivity contribution in [3.8, 4) is 0 Å². The van der Waals surface area contributed by atoms with Crippen LogP contribution in [0, 0.1) is 0 Å². The average molecular weight is 225 g/mol. The quantitative estimate of drug-likeness (QED) is 0.767. The zero-order chi connectivity index (χ0) is 11.4. The largest absolute Gasteiger partial charge is 0.453 e. The molecule has 0 radical (unpaired) electrons. The standard InChI is InChI=1S/C11H15NO4/c1-14-8-9-2-3-10(16-9)11(13)12-4-6-15-7-5-12/h2-3H,4-8H2,1H3. The van der Waals surface area contributed by atoms with Gasteiger partial charge in [-0.05, 0) is 12.1 Å². The normalized spacial score (nSPS) is 16.4. The Morgan fingerprint density at radius 3 is 2.88 bits per heavy atom. The minimum absolute atomic E-state index is 0.0781. The van der Waals surface area contributed by atoms with Gasteiger partial charge in [0.15, 0.2) is 5.76 Å². The van der Waals surface area contributed by atoms with E-state index >= 15 is 0 Å². The van der Waals surface area contributed by atoms with Crippen LogP contribution in [-0.2, 0) is 16.1 Å². The maximum absolute atomic E-state index is 12.0. The lowest BCUT2D eigenvalue weighted by molar-refractivity contribution is 0.0279. The molecule has 1 aromatic rings. The van der Waals surface area contributed by atoms with Crippen molar-refractivity contribution >= 4 is 5.91 Å². The minimum atomic E-state index is -0.0781. The molecule has 0 atom stereocenters. The van der Waals surface area contributed by atoms with Crippen molar-refractivity contribution in [3.63, 3.8) is 0 Å². The second-order valence-electron chi connectivity index (χ2n) is 3.60. The van der Waals surface area contributed by atoms with Gasteiger partial charge in [-0.2, -0.15) is 0 Å². The fraction of sp³-hybridized carbons (Fsp3) is 0.545. The van der Waals surface area contributed by atoms with Crippen LogP contribution in [0.3, 0.4) is 0 Å². The molecule has 1 aliphatic rings. The summed E-state index contributed by atoms with van der Waals surface area (Å²) in [6.07, 6.45) is 0. The number of carbonyl (C=O) groups excluding carboxylic acids is 1. The first-order valence-corrected chi connectivity index (χ1v) is 5.26. The first-order valence-electron chi connectivity index (χ1n) is 5.26. The number of morpholine rings is 1. The Bertz CT molecular complexity index is 355. The maximum Gasteiger partial charge on any atom is 0.289 e. The molecule has 0 saturated carbocycles. The number of furan rings is 1. The molecular weight excluding hydrogens is 210 g/mol. The molecule has 5 nitrogen and oxygen atoms in total. The van der Waals surface area contributed by atoms with Crippen molar-refractivity contribution in [2.45, 2.75) is 6.61 Å². The van der Waals surface area contributed by atoms with E-state index in [2.05, 4.69) is 0 Å². The summed E-state index contributed by atoms with van der Waals surface area (Å²) in [6, 6.07) is 3.45. The summed E-state index contributed by atoms with van der Waals surface area (Å²) in [4.78, 5) is 13.7. The molecule has 5 heteroatoms. The number of nitrogens with zero attached hydrogens (tertiary/aromatic N) is 1. The average Bonchev–Trinajstić information content (AvgIpc) is 2.78. The molecule has 88 valence electrons. The smallest absolute Gasteiger partial charge is 0.289 e. The Morgan fingerprint density at radius 2 is 2.19 bits per heavy atom. The van der Waals surface area contributed by atoms with Crippen LogP contribution in [0.2, 0.25) is 0 Å². The third-order valence-electron chi connectivity index (χ3n) is 2.46. The number of rotatable bonds is 3. The number of ether oxygens (including phenoxy) is 2. The Hall–Kier alpha value is -1.33. The lowest BCUT2D eigenvalue weighted by Crippen LogP contribution is -2.40. The van der Waals surface area contributed by atoms with Gasteiger partial charge in [0.2, 0.25) is 0 Å². The van der Waals surface area contributed by atoms with Crippen LogP contribution in [0.1, 0.15) is 16.3 Å². The Balaban J connectivity index is 2.01. The van der Waals surface area contributed by atoms with Crippen LogP contribution >= 0.6 is 0 Å². The van der Waals surface area contributed by atoms with E-state index in [1.807, 2.05) is 0 Å². The van der Waals surface area contributed by atoms with Gasteiger partial charge in [-0.1, -0.05) is 0 Å². The highest BCUT2D eigenvalue weighted by molar-refractivity contribution is 5.91. The molecule has 0 unspecified atom stereocenters. The predicted octanol–water partition coefficient (Wildman–Crippen LogP) is 0.898. The Kier molecular flexibility index (Phi) is 3.58. The predicted molar refractivity (Wildman–Crippen MR) is 56.1 cm³/mol. The van der Waals surface area contributed by atoms with Crippen LogP contribution in [0.4, 0.5) is 0 Å². The molecule has 16 heavy (non-hydrogen) atoms. The van der Waals surface area contributed by atoms with E-state index in [-0.39, 0.29) is 5.91 Å². The van der Waals surface area contributed by atoms with Crippen LogP contribution in [0.25, 0.3) is 0 Å². The van der Waals surface area contributed by atoms with Crippen molar-refractivity contribution in [2.75, 3.05) is 33.4 Å². The SMILES string of the molecule is COCc1ccc(C(=O)N2CCOCC2)o1. The second-order valence-corrected chi connectivity index (χ2v) is 3.60. The van der Waals surface area contributed by atoms with Crippen molar-refractivity contribution in [3.05, 3.63) is 23.7 Å². The molecule has 1 amide bonds. The van der Waals surface area contributed by atoms with E-state index in [0.29, 0.717) is 44.4 Å². The summed E-state index contributed by atoms with van der Waals surface area (Å²) in [5.41, 5.74) is 0. The fourth-order valence-electron chi connectivity index (χ4n) is 1.63. The molecule has 1 aromatic heterocycles. The van der Waals surface area contributed by atoms with Gasteiger partial charge in [0.25, 0.3) is 5.91 Å². The molecule has 1 aliphatic heterocycles. The number of hydrogen-bond donors (Lipinski definition) is 0. The third kappa shape index (κ3) is 2.43. The fourth-order valence-corrected chi connectivity index (χ4v) is 1.63. The van der Waals surface area contributed by atoms with Crippen molar-refractivity contribution in [1.82, 2.24) is 4.90 Å². The van der Waals surface area contributed by atoms with E-state index in [9.17, 15) is 4.79 Å².